The van der Waals surface area contributed by atoms with Crippen molar-refractivity contribution in [3.63, 3.8) is 0 Å². The van der Waals surface area contributed by atoms with E-state index in [0.29, 0.717) is 0 Å². The summed E-state index contributed by atoms with van der Waals surface area (Å²) in [5.74, 6) is -0.495. The lowest BCUT2D eigenvalue weighted by molar-refractivity contribution is -0.118. The summed E-state index contributed by atoms with van der Waals surface area (Å²) in [4.78, 5) is 21.0. The van der Waals surface area contributed by atoms with E-state index < -0.39 is 0 Å². The zero-order valence-electron chi connectivity index (χ0n) is 5.84. The van der Waals surface area contributed by atoms with Crippen LogP contribution in [-0.2, 0) is 14.3 Å². The Morgan fingerprint density at radius 1 is 1.00 bits per heavy atom. The highest BCUT2D eigenvalue weighted by Gasteiger charge is 2.45. The fraction of sp³-hybridized carbons (Fsp3) is 0.500. The van der Waals surface area contributed by atoms with Crippen LogP contribution >= 0.6 is 0 Å². The molecule has 2 heterocycles. The number of rotatable bonds is 2. The highest BCUT2D eigenvalue weighted by atomic mass is 16.5. The molecule has 0 aliphatic carbocycles. The summed E-state index contributed by atoms with van der Waals surface area (Å²) in [6.07, 6.45) is 5.04. The summed E-state index contributed by atoms with van der Waals surface area (Å²) in [5, 5.41) is 0. The highest BCUT2D eigenvalue weighted by Crippen LogP contribution is 2.36. The van der Waals surface area contributed by atoms with Crippen LogP contribution in [0.3, 0.4) is 0 Å². The predicted molar refractivity (Wildman–Crippen MR) is 36.9 cm³/mol. The SMILES string of the molecule is O=CC1C2C=CC(O2)C1C=O. The largest absolute Gasteiger partial charge is 0.365 e. The smallest absolute Gasteiger partial charge is 0.126 e. The first-order valence-electron chi connectivity index (χ1n) is 3.61. The molecule has 0 aromatic rings. The van der Waals surface area contributed by atoms with Gasteiger partial charge in [0.2, 0.25) is 0 Å². The molecule has 2 bridgehead atoms. The molecule has 0 aromatic heterocycles. The third kappa shape index (κ3) is 0.775. The van der Waals surface area contributed by atoms with E-state index in [2.05, 4.69) is 0 Å². The second-order valence-corrected chi connectivity index (χ2v) is 2.88. The van der Waals surface area contributed by atoms with Gasteiger partial charge in [-0.05, 0) is 0 Å². The molecular weight excluding hydrogens is 144 g/mol. The standard InChI is InChI=1S/C8H8O3/c9-3-5-6(4-10)8-2-1-7(5)11-8/h1-8H. The van der Waals surface area contributed by atoms with Crippen LogP contribution in [0.1, 0.15) is 0 Å². The maximum Gasteiger partial charge on any atom is 0.126 e. The molecule has 3 heteroatoms. The number of ether oxygens (including phenoxy) is 1. The monoisotopic (exact) mass is 152 g/mol. The third-order valence-electron chi connectivity index (χ3n) is 2.32. The number of carbonyl (C=O) groups is 2. The molecule has 0 radical (unpaired) electrons. The van der Waals surface area contributed by atoms with Gasteiger partial charge in [-0.3, -0.25) is 0 Å². The van der Waals surface area contributed by atoms with E-state index in [1.807, 2.05) is 12.2 Å². The summed E-state index contributed by atoms with van der Waals surface area (Å²) in [6.45, 7) is 0. The number of fused-ring (bicyclic) bond motifs is 2. The summed E-state index contributed by atoms with van der Waals surface area (Å²) >= 11 is 0. The van der Waals surface area contributed by atoms with Crippen molar-refractivity contribution < 1.29 is 14.3 Å². The zero-order chi connectivity index (χ0) is 7.84. The summed E-state index contributed by atoms with van der Waals surface area (Å²) in [6, 6.07) is 0. The average molecular weight is 152 g/mol. The van der Waals surface area contributed by atoms with Crippen molar-refractivity contribution in [2.75, 3.05) is 0 Å². The molecule has 2 rings (SSSR count). The number of hydrogen-bond donors (Lipinski definition) is 0. The fourth-order valence-electron chi connectivity index (χ4n) is 1.70. The molecule has 0 N–H and O–H groups in total. The normalized spacial score (nSPS) is 46.2. The van der Waals surface area contributed by atoms with Crippen LogP contribution in [0.5, 0.6) is 0 Å². The van der Waals surface area contributed by atoms with E-state index in [1.165, 1.54) is 0 Å². The Balaban J connectivity index is 2.27. The molecule has 0 amide bonds. The Morgan fingerprint density at radius 3 is 1.82 bits per heavy atom. The third-order valence-corrected chi connectivity index (χ3v) is 2.32. The molecule has 58 valence electrons. The molecule has 2 aliphatic heterocycles. The lowest BCUT2D eigenvalue weighted by Crippen LogP contribution is -2.26. The molecule has 4 unspecified atom stereocenters. The topological polar surface area (TPSA) is 43.4 Å². The quantitative estimate of drug-likeness (QED) is 0.411. The van der Waals surface area contributed by atoms with Crippen LogP contribution in [0.25, 0.3) is 0 Å². The lowest BCUT2D eigenvalue weighted by Gasteiger charge is -2.12. The van der Waals surface area contributed by atoms with Crippen LogP contribution in [0.4, 0.5) is 0 Å². The van der Waals surface area contributed by atoms with Crippen molar-refractivity contribution in [3.8, 4) is 0 Å². The second kappa shape index (κ2) is 2.27. The molecule has 3 nitrogen and oxygen atoms in total. The first-order valence-corrected chi connectivity index (χ1v) is 3.61. The van der Waals surface area contributed by atoms with E-state index in [-0.39, 0.29) is 24.0 Å². The van der Waals surface area contributed by atoms with Crippen LogP contribution in [0.15, 0.2) is 12.2 Å². The molecule has 2 aliphatic rings. The first kappa shape index (κ1) is 6.73. The van der Waals surface area contributed by atoms with E-state index in [0.717, 1.165) is 12.6 Å². The van der Waals surface area contributed by atoms with Gasteiger partial charge in [0.1, 0.15) is 12.6 Å². The molecule has 4 atom stereocenters. The van der Waals surface area contributed by atoms with Gasteiger partial charge in [-0.2, -0.15) is 0 Å². The van der Waals surface area contributed by atoms with Gasteiger partial charge < -0.3 is 14.3 Å². The van der Waals surface area contributed by atoms with Crippen molar-refractivity contribution in [1.29, 1.82) is 0 Å². The predicted octanol–water partition coefficient (Wildman–Crippen LogP) is -0.0462. The van der Waals surface area contributed by atoms with Gasteiger partial charge in [0.25, 0.3) is 0 Å². The number of aldehydes is 2. The molecule has 1 fully saturated rings. The van der Waals surface area contributed by atoms with E-state index in [1.54, 1.807) is 0 Å². The first-order chi connectivity index (χ1) is 5.36. The molecule has 0 saturated carbocycles. The van der Waals surface area contributed by atoms with Crippen molar-refractivity contribution >= 4 is 12.6 Å². The van der Waals surface area contributed by atoms with Crippen molar-refractivity contribution in [3.05, 3.63) is 12.2 Å². The molecule has 1 saturated heterocycles. The van der Waals surface area contributed by atoms with Gasteiger partial charge in [-0.1, -0.05) is 12.2 Å². The molecular formula is C8H8O3. The Labute approximate surface area is 64.0 Å². The Bertz CT molecular complexity index is 199. The van der Waals surface area contributed by atoms with Crippen molar-refractivity contribution in [2.24, 2.45) is 11.8 Å². The fourth-order valence-corrected chi connectivity index (χ4v) is 1.70. The van der Waals surface area contributed by atoms with E-state index in [4.69, 9.17) is 4.74 Å². The van der Waals surface area contributed by atoms with Gasteiger partial charge in [0.05, 0.1) is 24.0 Å². The van der Waals surface area contributed by atoms with Gasteiger partial charge in [0.15, 0.2) is 0 Å². The zero-order valence-corrected chi connectivity index (χ0v) is 5.84. The van der Waals surface area contributed by atoms with Crippen LogP contribution in [0.2, 0.25) is 0 Å². The van der Waals surface area contributed by atoms with Gasteiger partial charge in [-0.25, -0.2) is 0 Å². The van der Waals surface area contributed by atoms with Crippen LogP contribution in [0, 0.1) is 11.8 Å². The summed E-state index contributed by atoms with van der Waals surface area (Å²) in [7, 11) is 0. The van der Waals surface area contributed by atoms with E-state index >= 15 is 0 Å². The molecule has 11 heavy (non-hydrogen) atoms. The summed E-state index contributed by atoms with van der Waals surface area (Å²) < 4.78 is 5.31. The maximum absolute atomic E-state index is 10.5. The molecule has 0 spiro atoms. The van der Waals surface area contributed by atoms with Crippen LogP contribution < -0.4 is 0 Å². The van der Waals surface area contributed by atoms with Crippen LogP contribution in [-0.4, -0.2) is 24.8 Å². The Kier molecular flexibility index (Phi) is 1.39. The molecule has 0 aromatic carbocycles. The lowest BCUT2D eigenvalue weighted by atomic mass is 9.85. The average Bonchev–Trinajstić information content (AvgIpc) is 2.60. The second-order valence-electron chi connectivity index (χ2n) is 2.88. The summed E-state index contributed by atoms with van der Waals surface area (Å²) in [5.41, 5.74) is 0. The Hall–Kier alpha value is -0.960. The maximum atomic E-state index is 10.5. The highest BCUT2D eigenvalue weighted by molar-refractivity contribution is 5.69. The van der Waals surface area contributed by atoms with Crippen molar-refractivity contribution in [2.45, 2.75) is 12.2 Å². The van der Waals surface area contributed by atoms with Gasteiger partial charge in [-0.15, -0.1) is 0 Å². The van der Waals surface area contributed by atoms with E-state index in [9.17, 15) is 9.59 Å². The minimum Gasteiger partial charge on any atom is -0.365 e. The number of hydrogen-bond acceptors (Lipinski definition) is 3. The minimum absolute atomic E-state index is 0.146. The van der Waals surface area contributed by atoms with Gasteiger partial charge in [0, 0.05) is 0 Å². The van der Waals surface area contributed by atoms with Gasteiger partial charge >= 0.3 is 0 Å². The minimum atomic E-state index is -0.248. The van der Waals surface area contributed by atoms with Crippen molar-refractivity contribution in [1.82, 2.24) is 0 Å². The Morgan fingerprint density at radius 2 is 1.45 bits per heavy atom. The number of carbonyl (C=O) groups excluding carboxylic acids is 2.